The first-order chi connectivity index (χ1) is 13.0. The largest absolute Gasteiger partial charge is 0.491 e. The van der Waals surface area contributed by atoms with Crippen LogP contribution >= 0.6 is 0 Å². The summed E-state index contributed by atoms with van der Waals surface area (Å²) >= 11 is 0. The minimum Gasteiger partial charge on any atom is -0.491 e. The topological polar surface area (TPSA) is 56.1 Å². The number of ether oxygens (including phenoxy) is 1. The van der Waals surface area contributed by atoms with Crippen LogP contribution in [0.3, 0.4) is 0 Å². The normalized spacial score (nSPS) is 10.7. The first-order valence-electron chi connectivity index (χ1n) is 8.80. The van der Waals surface area contributed by atoms with Gasteiger partial charge in [0.25, 0.3) is 5.91 Å². The Kier molecular flexibility index (Phi) is 5.54. The van der Waals surface area contributed by atoms with Crippen molar-refractivity contribution in [2.24, 2.45) is 0 Å². The number of rotatable bonds is 6. The van der Waals surface area contributed by atoms with Crippen LogP contribution in [0.4, 0.5) is 10.1 Å². The molecule has 6 heteroatoms. The van der Waals surface area contributed by atoms with Gasteiger partial charge in [0.15, 0.2) is 11.6 Å². The van der Waals surface area contributed by atoms with Crippen LogP contribution in [0.1, 0.15) is 34.2 Å². The molecule has 0 unspecified atom stereocenters. The van der Waals surface area contributed by atoms with Crippen LogP contribution < -0.4 is 10.1 Å². The summed E-state index contributed by atoms with van der Waals surface area (Å²) in [5.41, 5.74) is 3.87. The fraction of sp³-hybridized carbons (Fsp3) is 0.238. The van der Waals surface area contributed by atoms with Gasteiger partial charge in [-0.25, -0.2) is 4.39 Å². The van der Waals surface area contributed by atoms with Gasteiger partial charge in [0, 0.05) is 23.0 Å². The molecular formula is C21H22FN3O2. The smallest absolute Gasteiger partial charge is 0.255 e. The standard InChI is InChI=1S/C21H22FN3O2/c1-4-27-20-9-8-18(12-19(20)22)23-21(26)17-7-5-6-16(11-17)13-25-15(3)10-14(2)24-25/h5-12H,4,13H2,1-3H3,(H,23,26). The number of halogens is 1. The highest BCUT2D eigenvalue weighted by molar-refractivity contribution is 6.04. The lowest BCUT2D eigenvalue weighted by Crippen LogP contribution is -2.13. The van der Waals surface area contributed by atoms with Gasteiger partial charge in [-0.05, 0) is 56.7 Å². The van der Waals surface area contributed by atoms with Crippen LogP contribution in [-0.2, 0) is 6.54 Å². The number of nitrogens with zero attached hydrogens (tertiary/aromatic N) is 2. The lowest BCUT2D eigenvalue weighted by molar-refractivity contribution is 0.102. The molecule has 0 saturated heterocycles. The first-order valence-corrected chi connectivity index (χ1v) is 8.80. The number of aryl methyl sites for hydroxylation is 2. The predicted molar refractivity (Wildman–Crippen MR) is 103 cm³/mol. The molecule has 0 radical (unpaired) electrons. The van der Waals surface area contributed by atoms with Gasteiger partial charge in [-0.2, -0.15) is 5.10 Å². The number of aromatic nitrogens is 2. The van der Waals surface area contributed by atoms with E-state index in [2.05, 4.69) is 10.4 Å². The van der Waals surface area contributed by atoms with E-state index in [0.29, 0.717) is 24.4 Å². The van der Waals surface area contributed by atoms with Crippen molar-refractivity contribution in [3.8, 4) is 5.75 Å². The highest BCUT2D eigenvalue weighted by Gasteiger charge is 2.10. The van der Waals surface area contributed by atoms with Crippen molar-refractivity contribution >= 4 is 11.6 Å². The Labute approximate surface area is 157 Å². The molecule has 1 aromatic heterocycles. The first kappa shape index (κ1) is 18.6. The number of anilines is 1. The minimum atomic E-state index is -0.507. The Morgan fingerprint density at radius 1 is 1.19 bits per heavy atom. The molecule has 2 aromatic carbocycles. The predicted octanol–water partition coefficient (Wildman–Crippen LogP) is 4.34. The summed E-state index contributed by atoms with van der Waals surface area (Å²) in [4.78, 5) is 12.5. The van der Waals surface area contributed by atoms with Crippen LogP contribution in [0.5, 0.6) is 5.75 Å². The molecule has 1 amide bonds. The van der Waals surface area contributed by atoms with Crippen LogP contribution in [0, 0.1) is 19.7 Å². The number of amides is 1. The van der Waals surface area contributed by atoms with E-state index < -0.39 is 5.82 Å². The van der Waals surface area contributed by atoms with Crippen molar-refractivity contribution < 1.29 is 13.9 Å². The van der Waals surface area contributed by atoms with E-state index in [1.807, 2.05) is 42.8 Å². The third kappa shape index (κ3) is 4.53. The minimum absolute atomic E-state index is 0.169. The zero-order valence-corrected chi connectivity index (χ0v) is 15.6. The fourth-order valence-electron chi connectivity index (χ4n) is 2.87. The number of nitrogens with one attached hydrogen (secondary N) is 1. The Morgan fingerprint density at radius 2 is 2.00 bits per heavy atom. The van der Waals surface area contributed by atoms with E-state index in [1.165, 1.54) is 12.1 Å². The van der Waals surface area contributed by atoms with Crippen LogP contribution in [0.25, 0.3) is 0 Å². The number of hydrogen-bond acceptors (Lipinski definition) is 3. The molecule has 0 fully saturated rings. The second-order valence-electron chi connectivity index (χ2n) is 6.32. The van der Waals surface area contributed by atoms with Gasteiger partial charge < -0.3 is 10.1 Å². The van der Waals surface area contributed by atoms with Crippen LogP contribution in [-0.4, -0.2) is 22.3 Å². The molecule has 1 heterocycles. The molecule has 0 aliphatic carbocycles. The third-order valence-corrected chi connectivity index (χ3v) is 4.11. The van der Waals surface area contributed by atoms with Gasteiger partial charge in [-0.1, -0.05) is 12.1 Å². The molecule has 0 saturated carbocycles. The maximum atomic E-state index is 14.0. The SMILES string of the molecule is CCOc1ccc(NC(=O)c2cccc(Cn3nc(C)cc3C)c2)cc1F. The van der Waals surface area contributed by atoms with Gasteiger partial charge in [0.05, 0.1) is 18.8 Å². The maximum Gasteiger partial charge on any atom is 0.255 e. The van der Waals surface area contributed by atoms with Gasteiger partial charge in [-0.15, -0.1) is 0 Å². The second-order valence-corrected chi connectivity index (χ2v) is 6.32. The molecule has 27 heavy (non-hydrogen) atoms. The summed E-state index contributed by atoms with van der Waals surface area (Å²) in [6, 6.07) is 13.7. The monoisotopic (exact) mass is 367 g/mol. The van der Waals surface area contributed by atoms with E-state index in [4.69, 9.17) is 4.74 Å². The van der Waals surface area contributed by atoms with Gasteiger partial charge in [-0.3, -0.25) is 9.48 Å². The highest BCUT2D eigenvalue weighted by atomic mass is 19.1. The molecule has 3 rings (SSSR count). The molecule has 0 atom stereocenters. The maximum absolute atomic E-state index is 14.0. The van der Waals surface area contributed by atoms with Gasteiger partial charge in [0.1, 0.15) is 0 Å². The van der Waals surface area contributed by atoms with Crippen LogP contribution in [0.2, 0.25) is 0 Å². The van der Waals surface area contributed by atoms with Crippen molar-refractivity contribution in [1.29, 1.82) is 0 Å². The molecule has 5 nitrogen and oxygen atoms in total. The summed E-state index contributed by atoms with van der Waals surface area (Å²) in [5, 5.41) is 7.16. The van der Waals surface area contributed by atoms with E-state index >= 15 is 0 Å². The number of carbonyl (C=O) groups is 1. The van der Waals surface area contributed by atoms with E-state index in [1.54, 1.807) is 19.1 Å². The van der Waals surface area contributed by atoms with Crippen LogP contribution in [0.15, 0.2) is 48.5 Å². The molecule has 0 aliphatic heterocycles. The lowest BCUT2D eigenvalue weighted by atomic mass is 10.1. The summed E-state index contributed by atoms with van der Waals surface area (Å²) in [5.74, 6) is -0.635. The Bertz CT molecular complexity index is 966. The fourth-order valence-corrected chi connectivity index (χ4v) is 2.87. The van der Waals surface area contributed by atoms with Crippen molar-refractivity contribution in [2.45, 2.75) is 27.3 Å². The zero-order valence-electron chi connectivity index (χ0n) is 15.6. The molecule has 0 bridgehead atoms. The van der Waals surface area contributed by atoms with Gasteiger partial charge in [0.2, 0.25) is 0 Å². The molecular weight excluding hydrogens is 345 g/mol. The molecule has 140 valence electrons. The Hall–Kier alpha value is -3.15. The molecule has 3 aromatic rings. The quantitative estimate of drug-likeness (QED) is 0.705. The second kappa shape index (κ2) is 8.03. The summed E-state index contributed by atoms with van der Waals surface area (Å²) in [7, 11) is 0. The van der Waals surface area contributed by atoms with E-state index in [-0.39, 0.29) is 11.7 Å². The zero-order chi connectivity index (χ0) is 19.4. The van der Waals surface area contributed by atoms with E-state index in [9.17, 15) is 9.18 Å². The number of benzene rings is 2. The Morgan fingerprint density at radius 3 is 2.67 bits per heavy atom. The van der Waals surface area contributed by atoms with Crippen molar-refractivity contribution in [1.82, 2.24) is 9.78 Å². The third-order valence-electron chi connectivity index (χ3n) is 4.11. The van der Waals surface area contributed by atoms with E-state index in [0.717, 1.165) is 17.0 Å². The lowest BCUT2D eigenvalue weighted by Gasteiger charge is -2.10. The van der Waals surface area contributed by atoms with Crippen molar-refractivity contribution in [2.75, 3.05) is 11.9 Å². The molecule has 0 aliphatic rings. The van der Waals surface area contributed by atoms with Crippen molar-refractivity contribution in [3.05, 3.63) is 76.9 Å². The Balaban J connectivity index is 1.73. The summed E-state index contributed by atoms with van der Waals surface area (Å²) in [6.45, 7) is 6.69. The molecule has 0 spiro atoms. The highest BCUT2D eigenvalue weighted by Crippen LogP contribution is 2.21. The summed E-state index contributed by atoms with van der Waals surface area (Å²) < 4.78 is 21.0. The number of hydrogen-bond donors (Lipinski definition) is 1. The summed E-state index contributed by atoms with van der Waals surface area (Å²) in [6.07, 6.45) is 0. The van der Waals surface area contributed by atoms with Crippen molar-refractivity contribution in [3.63, 3.8) is 0 Å². The number of carbonyl (C=O) groups excluding carboxylic acids is 1. The van der Waals surface area contributed by atoms with Gasteiger partial charge >= 0.3 is 0 Å². The average molecular weight is 367 g/mol. The average Bonchev–Trinajstić information content (AvgIpc) is 2.95. The molecule has 1 N–H and O–H groups in total.